The van der Waals surface area contributed by atoms with Gasteiger partial charge in [-0.3, -0.25) is 4.79 Å². The molecule has 1 saturated heterocycles. The van der Waals surface area contributed by atoms with Crippen LogP contribution in [0.25, 0.3) is 0 Å². The van der Waals surface area contributed by atoms with Gasteiger partial charge in [-0.1, -0.05) is 37.3 Å². The fraction of sp³-hybridized carbons (Fsp3) is 0.529. The second-order valence-corrected chi connectivity index (χ2v) is 5.55. The minimum Gasteiger partial charge on any atom is -0.342 e. The lowest BCUT2D eigenvalue weighted by Gasteiger charge is -2.33. The van der Waals surface area contributed by atoms with Crippen molar-refractivity contribution in [3.8, 4) is 6.07 Å². The Morgan fingerprint density at radius 3 is 2.55 bits per heavy atom. The normalized spacial score (nSPS) is 17.5. The molecule has 1 unspecified atom stereocenters. The van der Waals surface area contributed by atoms with Gasteiger partial charge in [0.2, 0.25) is 5.91 Å². The molecule has 3 heteroatoms. The van der Waals surface area contributed by atoms with Gasteiger partial charge in [-0.2, -0.15) is 5.26 Å². The first-order chi connectivity index (χ1) is 9.74. The number of amides is 1. The monoisotopic (exact) mass is 270 g/mol. The van der Waals surface area contributed by atoms with Gasteiger partial charge in [0.25, 0.3) is 0 Å². The van der Waals surface area contributed by atoms with Gasteiger partial charge < -0.3 is 4.90 Å². The second kappa shape index (κ2) is 7.09. The number of nitriles is 1. The molecular formula is C17H22N2O. The van der Waals surface area contributed by atoms with Gasteiger partial charge in [-0.05, 0) is 37.2 Å². The van der Waals surface area contributed by atoms with Crippen LogP contribution in [0.1, 0.15) is 31.7 Å². The van der Waals surface area contributed by atoms with E-state index in [0.29, 0.717) is 12.3 Å². The number of carbonyl (C=O) groups excluding carboxylic acids is 1. The first-order valence-electron chi connectivity index (χ1n) is 7.47. The fourth-order valence-electron chi connectivity index (χ4n) is 2.85. The molecule has 0 aliphatic carbocycles. The standard InChI is InChI=1S/C17H22N2O/c1-2-16(13-18)17(20)19-10-8-15(9-11-19)12-14-6-4-3-5-7-14/h3-7,15-16H,2,8-12H2,1H3. The highest BCUT2D eigenvalue weighted by Crippen LogP contribution is 2.23. The third kappa shape index (κ3) is 3.60. The first kappa shape index (κ1) is 14.6. The molecule has 1 aromatic rings. The number of piperidine rings is 1. The molecule has 3 nitrogen and oxygen atoms in total. The van der Waals surface area contributed by atoms with E-state index in [4.69, 9.17) is 5.26 Å². The molecule has 1 aromatic carbocycles. The SMILES string of the molecule is CCC(C#N)C(=O)N1CCC(Cc2ccccc2)CC1. The van der Waals surface area contributed by atoms with Crippen LogP contribution in [0.15, 0.2) is 30.3 Å². The summed E-state index contributed by atoms with van der Waals surface area (Å²) in [4.78, 5) is 14.0. The topological polar surface area (TPSA) is 44.1 Å². The summed E-state index contributed by atoms with van der Waals surface area (Å²) >= 11 is 0. The Balaban J connectivity index is 1.84. The lowest BCUT2D eigenvalue weighted by molar-refractivity contribution is -0.135. The van der Waals surface area contributed by atoms with Gasteiger partial charge in [-0.15, -0.1) is 0 Å². The van der Waals surface area contributed by atoms with Crippen LogP contribution in [0.2, 0.25) is 0 Å². The first-order valence-corrected chi connectivity index (χ1v) is 7.47. The molecule has 0 aromatic heterocycles. The van der Waals surface area contributed by atoms with E-state index in [-0.39, 0.29) is 5.91 Å². The molecular weight excluding hydrogens is 248 g/mol. The lowest BCUT2D eigenvalue weighted by atomic mass is 9.89. The van der Waals surface area contributed by atoms with Gasteiger partial charge in [0.15, 0.2) is 0 Å². The highest BCUT2D eigenvalue weighted by molar-refractivity contribution is 5.81. The Labute approximate surface area is 121 Å². The lowest BCUT2D eigenvalue weighted by Crippen LogP contribution is -2.41. The molecule has 1 heterocycles. The van der Waals surface area contributed by atoms with Crippen molar-refractivity contribution in [1.29, 1.82) is 5.26 Å². The quantitative estimate of drug-likeness (QED) is 0.844. The van der Waals surface area contributed by atoms with Crippen molar-refractivity contribution < 1.29 is 4.79 Å². The van der Waals surface area contributed by atoms with Gasteiger partial charge in [0.05, 0.1) is 6.07 Å². The molecule has 0 saturated carbocycles. The van der Waals surface area contributed by atoms with Crippen LogP contribution in [0, 0.1) is 23.2 Å². The summed E-state index contributed by atoms with van der Waals surface area (Å²) in [7, 11) is 0. The summed E-state index contributed by atoms with van der Waals surface area (Å²) in [6, 6.07) is 12.6. The van der Waals surface area contributed by atoms with E-state index >= 15 is 0 Å². The third-order valence-corrected chi connectivity index (χ3v) is 4.16. The Bertz CT molecular complexity index is 470. The number of benzene rings is 1. The van der Waals surface area contributed by atoms with E-state index in [1.807, 2.05) is 17.9 Å². The van der Waals surface area contributed by atoms with Crippen molar-refractivity contribution in [3.05, 3.63) is 35.9 Å². The number of nitrogens with zero attached hydrogens (tertiary/aromatic N) is 2. The molecule has 0 spiro atoms. The molecule has 1 atom stereocenters. The zero-order valence-corrected chi connectivity index (χ0v) is 12.1. The molecule has 0 bridgehead atoms. The third-order valence-electron chi connectivity index (χ3n) is 4.16. The molecule has 1 fully saturated rings. The molecule has 1 aliphatic rings. The zero-order valence-electron chi connectivity index (χ0n) is 12.1. The minimum atomic E-state index is -0.458. The summed E-state index contributed by atoms with van der Waals surface area (Å²) in [6.45, 7) is 3.50. The van der Waals surface area contributed by atoms with Crippen molar-refractivity contribution in [2.75, 3.05) is 13.1 Å². The number of carbonyl (C=O) groups is 1. The van der Waals surface area contributed by atoms with Crippen molar-refractivity contribution in [3.63, 3.8) is 0 Å². The van der Waals surface area contributed by atoms with Gasteiger partial charge in [0.1, 0.15) is 5.92 Å². The van der Waals surface area contributed by atoms with E-state index in [0.717, 1.165) is 32.4 Å². The Hall–Kier alpha value is -1.82. The van der Waals surface area contributed by atoms with Gasteiger partial charge in [-0.25, -0.2) is 0 Å². The van der Waals surface area contributed by atoms with Gasteiger partial charge >= 0.3 is 0 Å². The van der Waals surface area contributed by atoms with Crippen LogP contribution in [0.3, 0.4) is 0 Å². The average molecular weight is 270 g/mol. The number of hydrogen-bond donors (Lipinski definition) is 0. The molecule has 106 valence electrons. The van der Waals surface area contributed by atoms with E-state index in [2.05, 4.69) is 30.3 Å². The number of rotatable bonds is 4. The largest absolute Gasteiger partial charge is 0.342 e. The van der Waals surface area contributed by atoms with Crippen molar-refractivity contribution in [2.24, 2.45) is 11.8 Å². The molecule has 2 rings (SSSR count). The van der Waals surface area contributed by atoms with Crippen LogP contribution in [-0.2, 0) is 11.2 Å². The maximum atomic E-state index is 12.1. The molecule has 1 amide bonds. The fourth-order valence-corrected chi connectivity index (χ4v) is 2.85. The maximum Gasteiger partial charge on any atom is 0.239 e. The molecule has 1 aliphatic heterocycles. The van der Waals surface area contributed by atoms with Crippen LogP contribution >= 0.6 is 0 Å². The van der Waals surface area contributed by atoms with E-state index in [9.17, 15) is 4.79 Å². The van der Waals surface area contributed by atoms with Gasteiger partial charge in [0, 0.05) is 13.1 Å². The Kier molecular flexibility index (Phi) is 5.17. The van der Waals surface area contributed by atoms with Crippen molar-refractivity contribution in [2.45, 2.75) is 32.6 Å². The Morgan fingerprint density at radius 1 is 1.35 bits per heavy atom. The van der Waals surface area contributed by atoms with E-state index in [1.165, 1.54) is 5.56 Å². The van der Waals surface area contributed by atoms with Crippen LogP contribution in [0.5, 0.6) is 0 Å². The summed E-state index contributed by atoms with van der Waals surface area (Å²) in [5.41, 5.74) is 1.38. The minimum absolute atomic E-state index is 0.0214. The molecule has 0 N–H and O–H groups in total. The van der Waals surface area contributed by atoms with Crippen LogP contribution in [0.4, 0.5) is 0 Å². The molecule has 20 heavy (non-hydrogen) atoms. The highest BCUT2D eigenvalue weighted by Gasteiger charge is 2.27. The second-order valence-electron chi connectivity index (χ2n) is 5.55. The molecule has 0 radical (unpaired) electrons. The highest BCUT2D eigenvalue weighted by atomic mass is 16.2. The van der Waals surface area contributed by atoms with E-state index in [1.54, 1.807) is 0 Å². The maximum absolute atomic E-state index is 12.1. The number of hydrogen-bond acceptors (Lipinski definition) is 2. The van der Waals surface area contributed by atoms with Crippen LogP contribution in [-0.4, -0.2) is 23.9 Å². The summed E-state index contributed by atoms with van der Waals surface area (Å²) in [6.07, 6.45) is 3.79. The predicted octanol–water partition coefficient (Wildman–Crippen LogP) is 3.02. The summed E-state index contributed by atoms with van der Waals surface area (Å²) in [5.74, 6) is 0.220. The summed E-state index contributed by atoms with van der Waals surface area (Å²) in [5, 5.41) is 8.98. The van der Waals surface area contributed by atoms with Crippen molar-refractivity contribution in [1.82, 2.24) is 4.90 Å². The van der Waals surface area contributed by atoms with Crippen molar-refractivity contribution >= 4 is 5.91 Å². The number of likely N-dealkylation sites (tertiary alicyclic amines) is 1. The smallest absolute Gasteiger partial charge is 0.239 e. The zero-order chi connectivity index (χ0) is 14.4. The van der Waals surface area contributed by atoms with E-state index < -0.39 is 5.92 Å². The predicted molar refractivity (Wildman–Crippen MR) is 78.8 cm³/mol. The average Bonchev–Trinajstić information content (AvgIpc) is 2.50. The Morgan fingerprint density at radius 2 is 2.00 bits per heavy atom. The van der Waals surface area contributed by atoms with Crippen LogP contribution < -0.4 is 0 Å². The summed E-state index contributed by atoms with van der Waals surface area (Å²) < 4.78 is 0.